The maximum absolute atomic E-state index is 13.6. The van der Waals surface area contributed by atoms with Gasteiger partial charge in [-0.3, -0.25) is 0 Å². The number of nitrogens with zero attached hydrogens (tertiary/aromatic N) is 2. The summed E-state index contributed by atoms with van der Waals surface area (Å²) in [5, 5.41) is 4.05. The van der Waals surface area contributed by atoms with Gasteiger partial charge in [0.1, 0.15) is 5.82 Å². The molecule has 1 aromatic carbocycles. The standard InChI is InChI=1S/C12H14FN3S/c1-2-5-10-12(17-16-15-10)11(14)8-6-3-4-7-9(8)13/h3-4,6-7,11H,2,5,14H2,1H3. The summed E-state index contributed by atoms with van der Waals surface area (Å²) in [6.07, 6.45) is 1.80. The molecule has 1 atom stereocenters. The maximum Gasteiger partial charge on any atom is 0.128 e. The Labute approximate surface area is 104 Å². The molecule has 0 amide bonds. The number of aromatic nitrogens is 2. The van der Waals surface area contributed by atoms with E-state index in [1.165, 1.54) is 17.6 Å². The van der Waals surface area contributed by atoms with Gasteiger partial charge in [-0.2, -0.15) is 0 Å². The Hall–Kier alpha value is -1.33. The number of hydrogen-bond donors (Lipinski definition) is 1. The molecule has 17 heavy (non-hydrogen) atoms. The molecular weight excluding hydrogens is 237 g/mol. The van der Waals surface area contributed by atoms with Gasteiger partial charge in [0.05, 0.1) is 16.6 Å². The minimum absolute atomic E-state index is 0.282. The van der Waals surface area contributed by atoms with Crippen molar-refractivity contribution < 1.29 is 4.39 Å². The lowest BCUT2D eigenvalue weighted by molar-refractivity contribution is 0.600. The number of benzene rings is 1. The molecule has 0 fully saturated rings. The maximum atomic E-state index is 13.6. The first-order valence-corrected chi connectivity index (χ1v) is 6.32. The van der Waals surface area contributed by atoms with E-state index in [2.05, 4.69) is 16.5 Å². The Morgan fingerprint density at radius 2 is 2.18 bits per heavy atom. The van der Waals surface area contributed by atoms with Gasteiger partial charge in [-0.15, -0.1) is 5.10 Å². The van der Waals surface area contributed by atoms with Crippen LogP contribution in [-0.2, 0) is 6.42 Å². The highest BCUT2D eigenvalue weighted by Gasteiger charge is 2.19. The number of halogens is 1. The molecule has 2 aromatic rings. The van der Waals surface area contributed by atoms with Crippen molar-refractivity contribution in [3.8, 4) is 0 Å². The average Bonchev–Trinajstić information content (AvgIpc) is 2.78. The summed E-state index contributed by atoms with van der Waals surface area (Å²) in [5.74, 6) is -0.282. The van der Waals surface area contributed by atoms with Gasteiger partial charge < -0.3 is 5.73 Å². The van der Waals surface area contributed by atoms with Gasteiger partial charge in [0, 0.05) is 5.56 Å². The van der Waals surface area contributed by atoms with Crippen LogP contribution in [0.25, 0.3) is 0 Å². The van der Waals surface area contributed by atoms with Gasteiger partial charge in [0.15, 0.2) is 0 Å². The zero-order valence-corrected chi connectivity index (χ0v) is 10.4. The second kappa shape index (κ2) is 5.33. The molecule has 1 aromatic heterocycles. The average molecular weight is 251 g/mol. The van der Waals surface area contributed by atoms with E-state index >= 15 is 0 Å². The molecule has 0 aliphatic heterocycles. The van der Waals surface area contributed by atoms with Crippen molar-refractivity contribution in [2.45, 2.75) is 25.8 Å². The summed E-state index contributed by atoms with van der Waals surface area (Å²) in [7, 11) is 0. The first-order valence-electron chi connectivity index (χ1n) is 5.55. The molecule has 5 heteroatoms. The zero-order chi connectivity index (χ0) is 12.3. The van der Waals surface area contributed by atoms with E-state index in [1.54, 1.807) is 18.2 Å². The Bertz CT molecular complexity index is 498. The van der Waals surface area contributed by atoms with E-state index in [0.29, 0.717) is 5.56 Å². The highest BCUT2D eigenvalue weighted by Crippen LogP contribution is 2.27. The second-order valence-corrected chi connectivity index (χ2v) is 4.62. The third-order valence-electron chi connectivity index (χ3n) is 2.59. The normalized spacial score (nSPS) is 12.6. The van der Waals surface area contributed by atoms with Crippen LogP contribution >= 0.6 is 11.5 Å². The fourth-order valence-corrected chi connectivity index (χ4v) is 2.45. The minimum Gasteiger partial charge on any atom is -0.319 e. The summed E-state index contributed by atoms with van der Waals surface area (Å²) in [6.45, 7) is 2.07. The topological polar surface area (TPSA) is 51.8 Å². The molecule has 0 saturated heterocycles. The highest BCUT2D eigenvalue weighted by atomic mass is 32.1. The highest BCUT2D eigenvalue weighted by molar-refractivity contribution is 7.05. The number of rotatable bonds is 4. The number of nitrogens with two attached hydrogens (primary N) is 1. The molecule has 0 spiro atoms. The van der Waals surface area contributed by atoms with E-state index < -0.39 is 6.04 Å². The van der Waals surface area contributed by atoms with E-state index in [9.17, 15) is 4.39 Å². The van der Waals surface area contributed by atoms with Crippen LogP contribution in [0.2, 0.25) is 0 Å². The van der Waals surface area contributed by atoms with Crippen molar-refractivity contribution in [3.63, 3.8) is 0 Å². The molecule has 0 radical (unpaired) electrons. The lowest BCUT2D eigenvalue weighted by atomic mass is 10.0. The molecule has 0 aliphatic carbocycles. The van der Waals surface area contributed by atoms with Gasteiger partial charge in [0.2, 0.25) is 0 Å². The quantitative estimate of drug-likeness (QED) is 0.909. The predicted molar refractivity (Wildman–Crippen MR) is 66.3 cm³/mol. The van der Waals surface area contributed by atoms with Crippen molar-refractivity contribution in [2.24, 2.45) is 5.73 Å². The SMILES string of the molecule is CCCc1nnsc1C(N)c1ccccc1F. The van der Waals surface area contributed by atoms with Crippen LogP contribution in [0, 0.1) is 5.82 Å². The predicted octanol–water partition coefficient (Wildman–Crippen LogP) is 2.68. The van der Waals surface area contributed by atoms with E-state index in [1.807, 2.05) is 0 Å². The fraction of sp³-hybridized carbons (Fsp3) is 0.333. The smallest absolute Gasteiger partial charge is 0.128 e. The molecule has 2 rings (SSSR count). The van der Waals surface area contributed by atoms with Crippen molar-refractivity contribution >= 4 is 11.5 Å². The zero-order valence-electron chi connectivity index (χ0n) is 9.56. The first-order chi connectivity index (χ1) is 8.24. The molecule has 3 nitrogen and oxygen atoms in total. The second-order valence-electron chi connectivity index (χ2n) is 3.83. The van der Waals surface area contributed by atoms with Crippen LogP contribution in [0.1, 0.15) is 35.5 Å². The van der Waals surface area contributed by atoms with Crippen molar-refractivity contribution in [3.05, 3.63) is 46.2 Å². The molecule has 0 bridgehead atoms. The Morgan fingerprint density at radius 1 is 1.41 bits per heavy atom. The Kier molecular flexibility index (Phi) is 3.81. The van der Waals surface area contributed by atoms with Crippen LogP contribution in [-0.4, -0.2) is 9.59 Å². The molecule has 2 N–H and O–H groups in total. The third kappa shape index (κ3) is 2.50. The third-order valence-corrected chi connectivity index (χ3v) is 3.44. The first kappa shape index (κ1) is 12.1. The summed E-state index contributed by atoms with van der Waals surface area (Å²) >= 11 is 1.25. The largest absolute Gasteiger partial charge is 0.319 e. The number of aryl methyl sites for hydroxylation is 1. The molecule has 1 unspecified atom stereocenters. The van der Waals surface area contributed by atoms with Gasteiger partial charge in [-0.25, -0.2) is 4.39 Å². The van der Waals surface area contributed by atoms with E-state index in [-0.39, 0.29) is 5.82 Å². The molecule has 0 saturated carbocycles. The van der Waals surface area contributed by atoms with Crippen LogP contribution in [0.15, 0.2) is 24.3 Å². The van der Waals surface area contributed by atoms with Gasteiger partial charge in [0.25, 0.3) is 0 Å². The van der Waals surface area contributed by atoms with Crippen LogP contribution in [0.3, 0.4) is 0 Å². The molecule has 0 aliphatic rings. The van der Waals surface area contributed by atoms with Gasteiger partial charge in [-0.05, 0) is 24.0 Å². The lowest BCUT2D eigenvalue weighted by Gasteiger charge is -2.11. The molecule has 1 heterocycles. The van der Waals surface area contributed by atoms with Crippen LogP contribution in [0.4, 0.5) is 4.39 Å². The lowest BCUT2D eigenvalue weighted by Crippen LogP contribution is -2.14. The monoisotopic (exact) mass is 251 g/mol. The summed E-state index contributed by atoms with van der Waals surface area (Å²) in [6, 6.07) is 6.09. The van der Waals surface area contributed by atoms with Crippen molar-refractivity contribution in [1.29, 1.82) is 0 Å². The van der Waals surface area contributed by atoms with E-state index in [4.69, 9.17) is 5.73 Å². The summed E-state index contributed by atoms with van der Waals surface area (Å²) in [5.41, 5.74) is 7.46. The Balaban J connectivity index is 2.34. The van der Waals surface area contributed by atoms with E-state index in [0.717, 1.165) is 23.4 Å². The van der Waals surface area contributed by atoms with Crippen molar-refractivity contribution in [2.75, 3.05) is 0 Å². The fourth-order valence-electron chi connectivity index (χ4n) is 1.73. The summed E-state index contributed by atoms with van der Waals surface area (Å²) < 4.78 is 17.5. The molecular formula is C12H14FN3S. The van der Waals surface area contributed by atoms with Gasteiger partial charge >= 0.3 is 0 Å². The van der Waals surface area contributed by atoms with Crippen LogP contribution in [0.5, 0.6) is 0 Å². The number of hydrogen-bond acceptors (Lipinski definition) is 4. The minimum atomic E-state index is -0.474. The van der Waals surface area contributed by atoms with Crippen LogP contribution < -0.4 is 5.73 Å². The summed E-state index contributed by atoms with van der Waals surface area (Å²) in [4.78, 5) is 0.858. The van der Waals surface area contributed by atoms with Gasteiger partial charge in [-0.1, -0.05) is 36.0 Å². The Morgan fingerprint density at radius 3 is 2.88 bits per heavy atom. The molecule has 90 valence electrons. The van der Waals surface area contributed by atoms with Crippen molar-refractivity contribution in [1.82, 2.24) is 9.59 Å².